The zero-order valence-electron chi connectivity index (χ0n) is 11.7. The van der Waals surface area contributed by atoms with Gasteiger partial charge >= 0.3 is 5.97 Å². The Bertz CT molecular complexity index is 251. The molecule has 17 heavy (non-hydrogen) atoms. The van der Waals surface area contributed by atoms with Gasteiger partial charge in [0.15, 0.2) is 0 Å². The van der Waals surface area contributed by atoms with Gasteiger partial charge < -0.3 is 14.5 Å². The first-order valence-corrected chi connectivity index (χ1v) is 8.05. The van der Waals surface area contributed by atoms with Gasteiger partial charge in [-0.2, -0.15) is 0 Å². The van der Waals surface area contributed by atoms with E-state index < -0.39 is 14.1 Å². The minimum Gasteiger partial charge on any atom is -0.481 e. The van der Waals surface area contributed by atoms with Crippen LogP contribution in [0, 0.1) is 0 Å². The highest BCUT2D eigenvalue weighted by molar-refractivity contribution is 7.50. The number of aliphatic carboxylic acids is 1. The molecule has 0 aromatic carbocycles. The fourth-order valence-electron chi connectivity index (χ4n) is 2.22. The summed E-state index contributed by atoms with van der Waals surface area (Å²) in [5.41, 5.74) is 0.00947. The molecule has 2 unspecified atom stereocenters. The predicted octanol–water partition coefficient (Wildman–Crippen LogP) is 2.12. The van der Waals surface area contributed by atoms with Crippen molar-refractivity contribution in [2.45, 2.75) is 39.7 Å². The Morgan fingerprint density at radius 1 is 1.29 bits per heavy atom. The van der Waals surface area contributed by atoms with E-state index in [1.807, 2.05) is 6.66 Å². The van der Waals surface area contributed by atoms with E-state index in [0.29, 0.717) is 6.54 Å². The third-order valence-corrected chi connectivity index (χ3v) is 4.48. The summed E-state index contributed by atoms with van der Waals surface area (Å²) in [7, 11) is -0.907. The van der Waals surface area contributed by atoms with Crippen LogP contribution in [0.1, 0.15) is 34.1 Å². The van der Waals surface area contributed by atoms with Gasteiger partial charge in [-0.3, -0.25) is 4.79 Å². The normalized spacial score (nSPS) is 17.5. The Kier molecular flexibility index (Phi) is 6.60. The minimum absolute atomic E-state index is 0.00947. The summed E-state index contributed by atoms with van der Waals surface area (Å²) in [6.07, 6.45) is 0.970. The molecule has 0 heterocycles. The quantitative estimate of drug-likeness (QED) is 0.547. The molecule has 0 aromatic heterocycles. The molecular weight excluding hydrogens is 237 g/mol. The highest BCUT2D eigenvalue weighted by atomic mass is 31.1. The minimum atomic E-state index is -0.907. The number of rotatable bonds is 7. The molecule has 2 atom stereocenters. The van der Waals surface area contributed by atoms with Crippen molar-refractivity contribution < 1.29 is 19.3 Å². The number of carbonyl (C=O) groups is 1. The fraction of sp³-hybridized carbons (Fsp3) is 0.917. The summed E-state index contributed by atoms with van der Waals surface area (Å²) < 4.78 is 0.756. The molecule has 0 aliphatic heterocycles. The van der Waals surface area contributed by atoms with Crippen LogP contribution in [0.2, 0.25) is 0 Å². The predicted molar refractivity (Wildman–Crippen MR) is 72.5 cm³/mol. The van der Waals surface area contributed by atoms with E-state index in [9.17, 15) is 9.69 Å². The Morgan fingerprint density at radius 3 is 2.12 bits per heavy atom. The zero-order chi connectivity index (χ0) is 13.7. The Balaban J connectivity index is 4.82. The molecule has 0 aromatic rings. The van der Waals surface area contributed by atoms with E-state index in [4.69, 9.17) is 5.11 Å². The van der Waals surface area contributed by atoms with E-state index in [-0.39, 0.29) is 12.0 Å². The van der Waals surface area contributed by atoms with Gasteiger partial charge in [-0.1, -0.05) is 0 Å². The van der Waals surface area contributed by atoms with E-state index in [0.717, 1.165) is 23.7 Å². The molecule has 0 saturated carbocycles. The fourth-order valence-corrected chi connectivity index (χ4v) is 2.89. The second-order valence-electron chi connectivity index (χ2n) is 5.60. The number of carboxylic acid groups (broad SMARTS) is 1. The average Bonchev–Trinajstić information content (AvgIpc) is 2.15. The average molecular weight is 264 g/mol. The molecule has 4 nitrogen and oxygen atoms in total. The van der Waals surface area contributed by atoms with Crippen molar-refractivity contribution in [2.75, 3.05) is 32.5 Å². The lowest BCUT2D eigenvalue weighted by Gasteiger charge is -2.48. The monoisotopic (exact) mass is 264 g/mol. The lowest BCUT2D eigenvalue weighted by atomic mass is 10.0. The molecule has 0 amide bonds. The van der Waals surface area contributed by atoms with Gasteiger partial charge in [0.25, 0.3) is 0 Å². The number of carboxylic acids is 1. The standard InChI is InChI=1S/C12H26NO3P/c1-6-13(12(2,3)4,8-7-11(14)15)9-10-17(5)16/h16H,6-10H2,1-5H3/p+1. The van der Waals surface area contributed by atoms with Gasteiger partial charge in [0.2, 0.25) is 0 Å². The summed E-state index contributed by atoms with van der Waals surface area (Å²) >= 11 is 0. The zero-order valence-corrected chi connectivity index (χ0v) is 12.6. The van der Waals surface area contributed by atoms with Crippen molar-refractivity contribution >= 4 is 14.1 Å². The maximum Gasteiger partial charge on any atom is 0.309 e. The van der Waals surface area contributed by atoms with Crippen LogP contribution in [-0.4, -0.2) is 58.5 Å². The summed E-state index contributed by atoms with van der Waals surface area (Å²) in [4.78, 5) is 20.3. The van der Waals surface area contributed by atoms with Crippen LogP contribution in [0.3, 0.4) is 0 Å². The molecular formula is C12H27NO3P+. The van der Waals surface area contributed by atoms with Crippen LogP contribution in [-0.2, 0) is 4.79 Å². The first kappa shape index (κ1) is 16.8. The van der Waals surface area contributed by atoms with Crippen molar-refractivity contribution in [2.24, 2.45) is 0 Å². The molecule has 0 fully saturated rings. The third-order valence-electron chi connectivity index (χ3n) is 3.63. The van der Waals surface area contributed by atoms with Crippen molar-refractivity contribution in [3.63, 3.8) is 0 Å². The second-order valence-corrected chi connectivity index (χ2v) is 7.37. The third kappa shape index (κ3) is 5.33. The number of quaternary nitrogens is 1. The number of nitrogens with zero attached hydrogens (tertiary/aromatic N) is 1. The Morgan fingerprint density at radius 2 is 1.82 bits per heavy atom. The highest BCUT2D eigenvalue weighted by Crippen LogP contribution is 2.30. The molecule has 0 rings (SSSR count). The maximum absolute atomic E-state index is 10.8. The summed E-state index contributed by atoms with van der Waals surface area (Å²) in [5.74, 6) is -0.743. The van der Waals surface area contributed by atoms with E-state index in [1.54, 1.807) is 0 Å². The van der Waals surface area contributed by atoms with E-state index in [2.05, 4.69) is 27.7 Å². The van der Waals surface area contributed by atoms with Crippen molar-refractivity contribution in [3.05, 3.63) is 0 Å². The van der Waals surface area contributed by atoms with Gasteiger partial charge in [0.05, 0.1) is 31.6 Å². The van der Waals surface area contributed by atoms with Crippen LogP contribution in [0.4, 0.5) is 0 Å². The molecule has 0 saturated heterocycles. The topological polar surface area (TPSA) is 57.5 Å². The van der Waals surface area contributed by atoms with Gasteiger partial charge in [-0.25, -0.2) is 0 Å². The van der Waals surface area contributed by atoms with Gasteiger partial charge in [0.1, 0.15) is 0 Å². The largest absolute Gasteiger partial charge is 0.481 e. The van der Waals surface area contributed by atoms with E-state index in [1.165, 1.54) is 0 Å². The van der Waals surface area contributed by atoms with Crippen LogP contribution in [0.15, 0.2) is 0 Å². The highest BCUT2D eigenvalue weighted by Gasteiger charge is 2.38. The molecule has 0 spiro atoms. The van der Waals surface area contributed by atoms with Crippen molar-refractivity contribution in [1.29, 1.82) is 0 Å². The molecule has 0 aliphatic rings. The number of hydrogen-bond acceptors (Lipinski definition) is 2. The first-order chi connectivity index (χ1) is 7.64. The smallest absolute Gasteiger partial charge is 0.309 e. The Hall–Kier alpha value is -0.180. The molecule has 0 radical (unpaired) electrons. The van der Waals surface area contributed by atoms with Gasteiger partial charge in [-0.15, -0.1) is 0 Å². The second kappa shape index (κ2) is 6.67. The van der Waals surface area contributed by atoms with E-state index >= 15 is 0 Å². The van der Waals surface area contributed by atoms with Crippen LogP contribution < -0.4 is 0 Å². The molecule has 0 aliphatic carbocycles. The first-order valence-electron chi connectivity index (χ1n) is 6.12. The summed E-state index contributed by atoms with van der Waals surface area (Å²) in [6, 6.07) is 0. The Labute approximate surface area is 106 Å². The maximum atomic E-state index is 10.8. The lowest BCUT2D eigenvalue weighted by molar-refractivity contribution is -0.966. The van der Waals surface area contributed by atoms with Crippen LogP contribution in [0.5, 0.6) is 0 Å². The van der Waals surface area contributed by atoms with Crippen LogP contribution >= 0.6 is 8.15 Å². The summed E-state index contributed by atoms with van der Waals surface area (Å²) in [6.45, 7) is 12.8. The summed E-state index contributed by atoms with van der Waals surface area (Å²) in [5, 5.41) is 8.86. The lowest BCUT2D eigenvalue weighted by Crippen LogP contribution is -2.61. The molecule has 2 N–H and O–H groups in total. The molecule has 0 bridgehead atoms. The molecule has 102 valence electrons. The van der Waals surface area contributed by atoms with Gasteiger partial charge in [-0.05, 0) is 34.4 Å². The van der Waals surface area contributed by atoms with Crippen molar-refractivity contribution in [3.8, 4) is 0 Å². The SMILES string of the molecule is CC[N+](CCC(=O)O)(CCP(C)O)C(C)(C)C. The van der Waals surface area contributed by atoms with Gasteiger partial charge in [0, 0.05) is 14.3 Å². The van der Waals surface area contributed by atoms with Crippen molar-refractivity contribution in [1.82, 2.24) is 0 Å². The number of hydrogen-bond donors (Lipinski definition) is 2. The van der Waals surface area contributed by atoms with Crippen LogP contribution in [0.25, 0.3) is 0 Å². The molecule has 5 heteroatoms.